The first kappa shape index (κ1) is 11.1. The van der Waals surface area contributed by atoms with Crippen molar-refractivity contribution in [3.8, 4) is 22.8 Å². The molecule has 0 atom stereocenters. The van der Waals surface area contributed by atoms with Gasteiger partial charge in [-0.05, 0) is 31.7 Å². The van der Waals surface area contributed by atoms with E-state index >= 15 is 0 Å². The lowest BCUT2D eigenvalue weighted by atomic mass is 10.1. The monoisotopic (exact) mass is 245 g/mol. The molecule has 0 spiro atoms. The van der Waals surface area contributed by atoms with Crippen molar-refractivity contribution in [2.24, 2.45) is 5.73 Å². The van der Waals surface area contributed by atoms with Crippen LogP contribution in [0.5, 0.6) is 11.5 Å². The number of aromatic amines is 1. The van der Waals surface area contributed by atoms with Crippen LogP contribution in [0.25, 0.3) is 11.3 Å². The van der Waals surface area contributed by atoms with Crippen LogP contribution in [0.1, 0.15) is 11.5 Å². The molecule has 1 aromatic carbocycles. The number of nitrogens with two attached hydrogens (primary N) is 1. The van der Waals surface area contributed by atoms with Crippen LogP contribution in [0, 0.1) is 6.92 Å². The molecular weight excluding hydrogens is 230 g/mol. The highest BCUT2D eigenvalue weighted by molar-refractivity contribution is 5.66. The fourth-order valence-corrected chi connectivity index (χ4v) is 2.10. The van der Waals surface area contributed by atoms with Crippen molar-refractivity contribution in [2.45, 2.75) is 13.3 Å². The van der Waals surface area contributed by atoms with Crippen molar-refractivity contribution in [2.75, 3.05) is 13.3 Å². The lowest BCUT2D eigenvalue weighted by Gasteiger charge is -2.00. The van der Waals surface area contributed by atoms with Crippen LogP contribution in [0.3, 0.4) is 0 Å². The summed E-state index contributed by atoms with van der Waals surface area (Å²) in [5.74, 6) is 2.48. The van der Waals surface area contributed by atoms with Gasteiger partial charge in [-0.2, -0.15) is 0 Å². The van der Waals surface area contributed by atoms with Crippen LogP contribution in [0.4, 0.5) is 0 Å². The smallest absolute Gasteiger partial charge is 0.231 e. The van der Waals surface area contributed by atoms with Gasteiger partial charge < -0.3 is 20.2 Å². The van der Waals surface area contributed by atoms with E-state index in [2.05, 4.69) is 9.97 Å². The number of aromatic nitrogens is 2. The molecule has 0 unspecified atom stereocenters. The Kier molecular flexibility index (Phi) is 2.68. The zero-order valence-electron chi connectivity index (χ0n) is 10.2. The molecule has 5 nitrogen and oxygen atoms in total. The first-order chi connectivity index (χ1) is 8.78. The van der Waals surface area contributed by atoms with Crippen molar-refractivity contribution in [1.82, 2.24) is 9.97 Å². The lowest BCUT2D eigenvalue weighted by Crippen LogP contribution is -2.03. The second kappa shape index (κ2) is 4.34. The largest absolute Gasteiger partial charge is 0.454 e. The molecule has 18 heavy (non-hydrogen) atoms. The van der Waals surface area contributed by atoms with Crippen LogP contribution >= 0.6 is 0 Å². The number of aryl methyl sites for hydroxylation is 1. The van der Waals surface area contributed by atoms with Crippen molar-refractivity contribution < 1.29 is 9.47 Å². The van der Waals surface area contributed by atoms with E-state index < -0.39 is 0 Å². The molecule has 1 aromatic heterocycles. The van der Waals surface area contributed by atoms with Gasteiger partial charge in [0.15, 0.2) is 11.5 Å². The lowest BCUT2D eigenvalue weighted by molar-refractivity contribution is 0.174. The van der Waals surface area contributed by atoms with Gasteiger partial charge in [0.05, 0.1) is 5.69 Å². The molecule has 0 bridgehead atoms. The van der Waals surface area contributed by atoms with E-state index in [4.69, 9.17) is 15.2 Å². The first-order valence-electron chi connectivity index (χ1n) is 5.93. The van der Waals surface area contributed by atoms with E-state index in [1.807, 2.05) is 25.1 Å². The Morgan fingerprint density at radius 2 is 2.17 bits per heavy atom. The molecule has 0 amide bonds. The van der Waals surface area contributed by atoms with Crippen molar-refractivity contribution in [3.63, 3.8) is 0 Å². The summed E-state index contributed by atoms with van der Waals surface area (Å²) in [6, 6.07) is 5.86. The average molecular weight is 245 g/mol. The van der Waals surface area contributed by atoms with Crippen molar-refractivity contribution in [1.29, 1.82) is 0 Å². The minimum absolute atomic E-state index is 0.288. The van der Waals surface area contributed by atoms with E-state index in [9.17, 15) is 0 Å². The summed E-state index contributed by atoms with van der Waals surface area (Å²) in [6.07, 6.45) is 0.755. The van der Waals surface area contributed by atoms with Crippen molar-refractivity contribution in [3.05, 3.63) is 29.7 Å². The number of nitrogens with zero attached hydrogens (tertiary/aromatic N) is 1. The number of benzene rings is 1. The van der Waals surface area contributed by atoms with Gasteiger partial charge >= 0.3 is 0 Å². The quantitative estimate of drug-likeness (QED) is 0.861. The molecule has 3 N–H and O–H groups in total. The van der Waals surface area contributed by atoms with Gasteiger partial charge in [0.1, 0.15) is 5.82 Å². The van der Waals surface area contributed by atoms with Crippen LogP contribution in [-0.4, -0.2) is 23.3 Å². The Labute approximate surface area is 105 Å². The summed E-state index contributed by atoms with van der Waals surface area (Å²) < 4.78 is 10.7. The van der Waals surface area contributed by atoms with Gasteiger partial charge in [-0.25, -0.2) is 4.98 Å². The third kappa shape index (κ3) is 1.82. The molecule has 0 aliphatic carbocycles. The fourth-order valence-electron chi connectivity index (χ4n) is 2.10. The van der Waals surface area contributed by atoms with Gasteiger partial charge in [0, 0.05) is 17.7 Å². The summed E-state index contributed by atoms with van der Waals surface area (Å²) in [5, 5.41) is 0. The highest BCUT2D eigenvalue weighted by Crippen LogP contribution is 2.36. The second-order valence-corrected chi connectivity index (χ2v) is 4.26. The number of ether oxygens (including phenoxy) is 2. The minimum Gasteiger partial charge on any atom is -0.454 e. The van der Waals surface area contributed by atoms with Gasteiger partial charge in [0.25, 0.3) is 0 Å². The number of hydrogen-bond donors (Lipinski definition) is 2. The maximum atomic E-state index is 5.54. The molecule has 5 heteroatoms. The number of H-pyrrole nitrogens is 1. The molecule has 0 radical (unpaired) electrons. The predicted molar refractivity (Wildman–Crippen MR) is 67.6 cm³/mol. The summed E-state index contributed by atoms with van der Waals surface area (Å²) in [6.45, 7) is 2.89. The third-order valence-corrected chi connectivity index (χ3v) is 2.96. The van der Waals surface area contributed by atoms with Crippen LogP contribution in [-0.2, 0) is 6.42 Å². The maximum Gasteiger partial charge on any atom is 0.231 e. The molecule has 2 heterocycles. The Morgan fingerprint density at radius 1 is 1.33 bits per heavy atom. The maximum absolute atomic E-state index is 5.54. The molecule has 2 aromatic rings. The number of fused-ring (bicyclic) bond motifs is 1. The highest BCUT2D eigenvalue weighted by atomic mass is 16.7. The predicted octanol–water partition coefficient (Wildman–Crippen LogP) is 1.62. The zero-order chi connectivity index (χ0) is 12.5. The molecule has 1 aliphatic rings. The second-order valence-electron chi connectivity index (χ2n) is 4.26. The average Bonchev–Trinajstić information content (AvgIpc) is 2.95. The van der Waals surface area contributed by atoms with E-state index in [0.717, 1.165) is 40.7 Å². The summed E-state index contributed by atoms with van der Waals surface area (Å²) in [7, 11) is 0. The molecule has 0 fully saturated rings. The topological polar surface area (TPSA) is 73.2 Å². The standard InChI is InChI=1S/C13H15N3O2/c1-8-13(16-12(15-8)4-5-14)9-2-3-10-11(6-9)18-7-17-10/h2-3,6H,4-5,7,14H2,1H3,(H,15,16). The molecule has 1 aliphatic heterocycles. The SMILES string of the molecule is Cc1[nH]c(CCN)nc1-c1ccc2c(c1)OCO2. The number of imidazole rings is 1. The van der Waals surface area contributed by atoms with Crippen LogP contribution < -0.4 is 15.2 Å². The van der Waals surface area contributed by atoms with E-state index in [0.29, 0.717) is 6.54 Å². The van der Waals surface area contributed by atoms with Gasteiger partial charge in [0.2, 0.25) is 6.79 Å². The zero-order valence-corrected chi connectivity index (χ0v) is 10.2. The number of rotatable bonds is 3. The Hall–Kier alpha value is -2.01. The molecule has 94 valence electrons. The van der Waals surface area contributed by atoms with E-state index in [1.54, 1.807) is 0 Å². The molecular formula is C13H15N3O2. The summed E-state index contributed by atoms with van der Waals surface area (Å²) in [5.41, 5.74) is 8.54. The van der Waals surface area contributed by atoms with E-state index in [1.165, 1.54) is 0 Å². The first-order valence-corrected chi connectivity index (χ1v) is 5.93. The summed E-state index contributed by atoms with van der Waals surface area (Å²) >= 11 is 0. The van der Waals surface area contributed by atoms with Crippen molar-refractivity contribution >= 4 is 0 Å². The molecule has 3 rings (SSSR count). The minimum atomic E-state index is 0.288. The molecule has 0 saturated carbocycles. The fraction of sp³-hybridized carbons (Fsp3) is 0.308. The molecule has 0 saturated heterocycles. The number of nitrogens with one attached hydrogen (secondary N) is 1. The Balaban J connectivity index is 1.99. The highest BCUT2D eigenvalue weighted by Gasteiger charge is 2.16. The summed E-state index contributed by atoms with van der Waals surface area (Å²) in [4.78, 5) is 7.81. The normalized spacial score (nSPS) is 13.0. The van der Waals surface area contributed by atoms with Gasteiger partial charge in [-0.3, -0.25) is 0 Å². The van der Waals surface area contributed by atoms with Gasteiger partial charge in [-0.1, -0.05) is 0 Å². The van der Waals surface area contributed by atoms with E-state index in [-0.39, 0.29) is 6.79 Å². The van der Waals surface area contributed by atoms with Crippen LogP contribution in [0.2, 0.25) is 0 Å². The van der Waals surface area contributed by atoms with Gasteiger partial charge in [-0.15, -0.1) is 0 Å². The Bertz CT molecular complexity index is 578. The van der Waals surface area contributed by atoms with Crippen LogP contribution in [0.15, 0.2) is 18.2 Å². The third-order valence-electron chi connectivity index (χ3n) is 2.96. The Morgan fingerprint density at radius 3 is 3.00 bits per heavy atom. The number of hydrogen-bond acceptors (Lipinski definition) is 4.